The quantitative estimate of drug-likeness (QED) is 0.556. The van der Waals surface area contributed by atoms with Gasteiger partial charge in [-0.05, 0) is 63.2 Å². The Morgan fingerprint density at radius 1 is 1.07 bits per heavy atom. The van der Waals surface area contributed by atoms with Crippen LogP contribution in [0.5, 0.6) is 0 Å². The Kier molecular flexibility index (Phi) is 4.96. The van der Waals surface area contributed by atoms with Crippen LogP contribution in [0, 0.1) is 11.7 Å². The molecule has 4 aromatic heterocycles. The van der Waals surface area contributed by atoms with Gasteiger partial charge in [0, 0.05) is 41.7 Å². The van der Waals surface area contributed by atoms with Gasteiger partial charge in [0.05, 0.1) is 17.4 Å². The SMILES string of the molecule is CN1CCC(Cc2nc3nc(-c4cccnc4)c(-c4ccncc4F)cc3[nH]2)CC1. The molecule has 0 bridgehead atoms. The van der Waals surface area contributed by atoms with E-state index in [9.17, 15) is 4.39 Å². The molecule has 5 heterocycles. The molecule has 30 heavy (non-hydrogen) atoms. The fourth-order valence-corrected chi connectivity index (χ4v) is 4.15. The Bertz CT molecular complexity index is 1170. The van der Waals surface area contributed by atoms with Crippen molar-refractivity contribution in [1.82, 2.24) is 29.8 Å². The van der Waals surface area contributed by atoms with E-state index in [0.29, 0.717) is 28.4 Å². The maximum absolute atomic E-state index is 14.6. The molecule has 1 aliphatic rings. The number of nitrogens with one attached hydrogen (secondary N) is 1. The third-order valence-corrected chi connectivity index (χ3v) is 5.84. The molecule has 1 N–H and O–H groups in total. The van der Waals surface area contributed by atoms with E-state index < -0.39 is 0 Å². The molecule has 1 fully saturated rings. The first-order valence-electron chi connectivity index (χ1n) is 10.3. The first kappa shape index (κ1) is 18.8. The monoisotopic (exact) mass is 402 g/mol. The number of likely N-dealkylation sites (tertiary alicyclic amines) is 1. The number of fused-ring (bicyclic) bond motifs is 1. The van der Waals surface area contributed by atoms with Gasteiger partial charge in [-0.2, -0.15) is 0 Å². The molecule has 0 aliphatic carbocycles. The molecule has 5 rings (SSSR count). The second kappa shape index (κ2) is 7.91. The van der Waals surface area contributed by atoms with Crippen molar-refractivity contribution in [3.05, 3.63) is 60.7 Å². The van der Waals surface area contributed by atoms with E-state index in [0.717, 1.165) is 36.4 Å². The maximum atomic E-state index is 14.6. The molecule has 152 valence electrons. The number of imidazole rings is 1. The average molecular weight is 402 g/mol. The Balaban J connectivity index is 1.58. The summed E-state index contributed by atoms with van der Waals surface area (Å²) in [7, 11) is 2.17. The molecular formula is C23H23FN6. The van der Waals surface area contributed by atoms with E-state index in [-0.39, 0.29) is 5.82 Å². The summed E-state index contributed by atoms with van der Waals surface area (Å²) >= 11 is 0. The smallest absolute Gasteiger partial charge is 0.178 e. The maximum Gasteiger partial charge on any atom is 0.178 e. The van der Waals surface area contributed by atoms with Gasteiger partial charge in [-0.15, -0.1) is 0 Å². The van der Waals surface area contributed by atoms with Crippen LogP contribution in [0.15, 0.2) is 49.1 Å². The summed E-state index contributed by atoms with van der Waals surface area (Å²) < 4.78 is 14.6. The molecule has 0 radical (unpaired) electrons. The van der Waals surface area contributed by atoms with Crippen molar-refractivity contribution in [3.8, 4) is 22.4 Å². The Labute approximate surface area is 174 Å². The molecule has 0 unspecified atom stereocenters. The minimum atomic E-state index is -0.380. The fourth-order valence-electron chi connectivity index (χ4n) is 4.15. The molecule has 0 amide bonds. The highest BCUT2D eigenvalue weighted by atomic mass is 19.1. The number of nitrogens with zero attached hydrogens (tertiary/aromatic N) is 5. The van der Waals surface area contributed by atoms with Crippen molar-refractivity contribution in [2.75, 3.05) is 20.1 Å². The van der Waals surface area contributed by atoms with E-state index in [1.54, 1.807) is 24.7 Å². The van der Waals surface area contributed by atoms with Crippen molar-refractivity contribution in [3.63, 3.8) is 0 Å². The van der Waals surface area contributed by atoms with Gasteiger partial charge in [-0.3, -0.25) is 9.97 Å². The summed E-state index contributed by atoms with van der Waals surface area (Å²) in [6.45, 7) is 2.25. The van der Waals surface area contributed by atoms with Crippen LogP contribution in [0.4, 0.5) is 4.39 Å². The zero-order valence-electron chi connectivity index (χ0n) is 16.8. The summed E-state index contributed by atoms with van der Waals surface area (Å²) in [4.78, 5) is 23.4. The average Bonchev–Trinajstić information content (AvgIpc) is 3.17. The first-order valence-corrected chi connectivity index (χ1v) is 10.3. The third kappa shape index (κ3) is 3.68. The minimum absolute atomic E-state index is 0.380. The number of aromatic amines is 1. The highest BCUT2D eigenvalue weighted by Crippen LogP contribution is 2.34. The highest BCUT2D eigenvalue weighted by Gasteiger charge is 2.20. The topological polar surface area (TPSA) is 70.6 Å². The molecular weight excluding hydrogens is 379 g/mol. The Morgan fingerprint density at radius 2 is 1.90 bits per heavy atom. The van der Waals surface area contributed by atoms with Crippen molar-refractivity contribution in [1.29, 1.82) is 0 Å². The summed E-state index contributed by atoms with van der Waals surface area (Å²) in [6, 6.07) is 7.39. The van der Waals surface area contributed by atoms with E-state index in [2.05, 4.69) is 26.9 Å². The number of hydrogen-bond acceptors (Lipinski definition) is 5. The van der Waals surface area contributed by atoms with Gasteiger partial charge >= 0.3 is 0 Å². The van der Waals surface area contributed by atoms with Crippen LogP contribution in [0.25, 0.3) is 33.5 Å². The van der Waals surface area contributed by atoms with Crippen molar-refractivity contribution in [2.24, 2.45) is 5.92 Å². The standard InChI is InChI=1S/C23H23FN6/c1-30-9-5-15(6-10-30)11-21-27-20-12-18(17-4-8-26-14-19(17)24)22(29-23(20)28-21)16-3-2-7-25-13-16/h2-4,7-8,12-15H,5-6,9-11H2,1H3,(H,27,28,29). The van der Waals surface area contributed by atoms with Gasteiger partial charge in [0.2, 0.25) is 0 Å². The largest absolute Gasteiger partial charge is 0.341 e. The number of hydrogen-bond donors (Lipinski definition) is 1. The van der Waals surface area contributed by atoms with Crippen LogP contribution >= 0.6 is 0 Å². The zero-order chi connectivity index (χ0) is 20.5. The highest BCUT2D eigenvalue weighted by molar-refractivity contribution is 5.88. The van der Waals surface area contributed by atoms with Crippen LogP contribution in [-0.4, -0.2) is 50.0 Å². The number of pyridine rings is 3. The predicted octanol–water partition coefficient (Wildman–Crippen LogP) is 4.11. The van der Waals surface area contributed by atoms with Crippen LogP contribution in [0.3, 0.4) is 0 Å². The Hall–Kier alpha value is -3.19. The molecule has 4 aromatic rings. The molecule has 6 nitrogen and oxygen atoms in total. The molecule has 7 heteroatoms. The normalized spacial score (nSPS) is 15.7. The van der Waals surface area contributed by atoms with E-state index in [4.69, 9.17) is 9.97 Å². The second-order valence-corrected chi connectivity index (χ2v) is 7.99. The number of halogens is 1. The van der Waals surface area contributed by atoms with Gasteiger partial charge in [-0.1, -0.05) is 0 Å². The van der Waals surface area contributed by atoms with E-state index >= 15 is 0 Å². The van der Waals surface area contributed by atoms with Gasteiger partial charge in [0.15, 0.2) is 5.65 Å². The van der Waals surface area contributed by atoms with Gasteiger partial charge in [0.1, 0.15) is 11.6 Å². The van der Waals surface area contributed by atoms with Crippen molar-refractivity contribution < 1.29 is 4.39 Å². The molecule has 0 saturated carbocycles. The first-order chi connectivity index (χ1) is 14.7. The van der Waals surface area contributed by atoms with Gasteiger partial charge in [0.25, 0.3) is 0 Å². The fraction of sp³-hybridized carbons (Fsp3) is 0.304. The lowest BCUT2D eigenvalue weighted by atomic mass is 9.94. The number of aromatic nitrogens is 5. The summed E-state index contributed by atoms with van der Waals surface area (Å²) in [6.07, 6.45) is 9.53. The van der Waals surface area contributed by atoms with Gasteiger partial charge in [-0.25, -0.2) is 14.4 Å². The summed E-state index contributed by atoms with van der Waals surface area (Å²) in [5.74, 6) is 1.18. The lowest BCUT2D eigenvalue weighted by Gasteiger charge is -2.28. The van der Waals surface area contributed by atoms with Crippen molar-refractivity contribution >= 4 is 11.2 Å². The summed E-state index contributed by atoms with van der Waals surface area (Å²) in [5.41, 5.74) is 4.12. The molecule has 1 aliphatic heterocycles. The van der Waals surface area contributed by atoms with Crippen LogP contribution < -0.4 is 0 Å². The Morgan fingerprint density at radius 3 is 2.67 bits per heavy atom. The minimum Gasteiger partial charge on any atom is -0.341 e. The number of H-pyrrole nitrogens is 1. The number of piperidine rings is 1. The van der Waals surface area contributed by atoms with Crippen LogP contribution in [-0.2, 0) is 6.42 Å². The van der Waals surface area contributed by atoms with Crippen LogP contribution in [0.1, 0.15) is 18.7 Å². The van der Waals surface area contributed by atoms with Crippen molar-refractivity contribution in [2.45, 2.75) is 19.3 Å². The zero-order valence-corrected chi connectivity index (χ0v) is 16.8. The van der Waals surface area contributed by atoms with Gasteiger partial charge < -0.3 is 9.88 Å². The molecule has 0 aromatic carbocycles. The number of rotatable bonds is 4. The molecule has 0 atom stereocenters. The molecule has 1 saturated heterocycles. The molecule has 0 spiro atoms. The van der Waals surface area contributed by atoms with E-state index in [1.807, 2.05) is 18.2 Å². The lowest BCUT2D eigenvalue weighted by Crippen LogP contribution is -2.31. The summed E-state index contributed by atoms with van der Waals surface area (Å²) in [5, 5.41) is 0. The van der Waals surface area contributed by atoms with E-state index in [1.165, 1.54) is 19.0 Å². The second-order valence-electron chi connectivity index (χ2n) is 7.99. The van der Waals surface area contributed by atoms with Crippen LogP contribution in [0.2, 0.25) is 0 Å². The lowest BCUT2D eigenvalue weighted by molar-refractivity contribution is 0.217. The third-order valence-electron chi connectivity index (χ3n) is 5.84. The predicted molar refractivity (Wildman–Crippen MR) is 114 cm³/mol.